The summed E-state index contributed by atoms with van der Waals surface area (Å²) < 4.78 is 0. The Balaban J connectivity index is 1.85. The average molecular weight is 307 g/mol. The van der Waals surface area contributed by atoms with Gasteiger partial charge in [-0.1, -0.05) is 74.5 Å². The molecule has 1 N–H and O–H groups in total. The third-order valence-corrected chi connectivity index (χ3v) is 4.03. The summed E-state index contributed by atoms with van der Waals surface area (Å²) in [4.78, 5) is 11.7. The molecule has 1 unspecified atom stereocenters. The largest absolute Gasteiger partial charge is 0.350 e. The average Bonchev–Trinajstić information content (AvgIpc) is 2.54. The monoisotopic (exact) mass is 307 g/mol. The van der Waals surface area contributed by atoms with Crippen LogP contribution in [0.25, 0.3) is 10.8 Å². The van der Waals surface area contributed by atoms with Crippen LogP contribution < -0.4 is 5.32 Å². The Bertz CT molecular complexity index is 713. The summed E-state index contributed by atoms with van der Waals surface area (Å²) in [6, 6.07) is 15.0. The van der Waals surface area contributed by atoms with Gasteiger partial charge in [-0.05, 0) is 35.6 Å². The first-order valence-electron chi connectivity index (χ1n) is 8.17. The molecule has 2 rings (SSSR count). The lowest BCUT2D eigenvalue weighted by Gasteiger charge is -2.15. The van der Waals surface area contributed by atoms with Crippen molar-refractivity contribution in [1.29, 1.82) is 0 Å². The number of nitrogens with one attached hydrogen (secondary N) is 1. The van der Waals surface area contributed by atoms with Gasteiger partial charge in [0.05, 0.1) is 0 Å². The number of fused-ring (bicyclic) bond motifs is 1. The summed E-state index contributed by atoms with van der Waals surface area (Å²) in [7, 11) is 0. The van der Waals surface area contributed by atoms with E-state index in [1.165, 1.54) is 16.3 Å². The highest BCUT2D eigenvalue weighted by Crippen LogP contribution is 2.16. The predicted molar refractivity (Wildman–Crippen MR) is 98.4 cm³/mol. The molecule has 2 heteroatoms. The molecule has 0 radical (unpaired) electrons. The summed E-state index contributed by atoms with van der Waals surface area (Å²) in [5, 5.41) is 5.47. The number of amides is 1. The maximum Gasteiger partial charge on any atom is 0.244 e. The number of rotatable bonds is 6. The molecule has 0 aliphatic carbocycles. The molecule has 0 fully saturated rings. The van der Waals surface area contributed by atoms with E-state index >= 15 is 0 Å². The van der Waals surface area contributed by atoms with Crippen LogP contribution in [0.2, 0.25) is 0 Å². The minimum atomic E-state index is -0.0402. The van der Waals surface area contributed by atoms with E-state index < -0.39 is 0 Å². The zero-order valence-corrected chi connectivity index (χ0v) is 14.1. The molecule has 120 valence electrons. The van der Waals surface area contributed by atoms with Crippen molar-refractivity contribution in [3.63, 3.8) is 0 Å². The lowest BCUT2D eigenvalue weighted by molar-refractivity contribution is -0.117. The summed E-state index contributed by atoms with van der Waals surface area (Å²) >= 11 is 0. The number of hydrogen-bond donors (Lipinski definition) is 1. The zero-order valence-electron chi connectivity index (χ0n) is 14.1. The number of hydrogen-bond acceptors (Lipinski definition) is 1. The molecule has 0 saturated carbocycles. The van der Waals surface area contributed by atoms with Crippen molar-refractivity contribution >= 4 is 16.7 Å². The van der Waals surface area contributed by atoms with Gasteiger partial charge in [0, 0.05) is 12.1 Å². The molecular weight excluding hydrogens is 282 g/mol. The molecule has 0 bridgehead atoms. The van der Waals surface area contributed by atoms with Crippen molar-refractivity contribution in [2.45, 2.75) is 33.2 Å². The number of carbonyl (C=O) groups is 1. The highest BCUT2D eigenvalue weighted by atomic mass is 16.1. The molecule has 0 heterocycles. The van der Waals surface area contributed by atoms with Gasteiger partial charge in [-0.2, -0.15) is 0 Å². The SMILES string of the molecule is CC(C)C(C)NC(=O)/C=C/C=C/Cc1ccc2ccccc2c1. The molecule has 1 atom stereocenters. The first kappa shape index (κ1) is 17.0. The topological polar surface area (TPSA) is 29.1 Å². The van der Waals surface area contributed by atoms with Gasteiger partial charge in [0.1, 0.15) is 0 Å². The van der Waals surface area contributed by atoms with Gasteiger partial charge in [-0.15, -0.1) is 0 Å². The van der Waals surface area contributed by atoms with Gasteiger partial charge in [-0.3, -0.25) is 4.79 Å². The Hall–Kier alpha value is -2.35. The van der Waals surface area contributed by atoms with E-state index in [1.807, 2.05) is 13.0 Å². The van der Waals surface area contributed by atoms with Crippen molar-refractivity contribution in [3.8, 4) is 0 Å². The van der Waals surface area contributed by atoms with Crippen LogP contribution in [0.5, 0.6) is 0 Å². The van der Waals surface area contributed by atoms with Crippen LogP contribution in [0.1, 0.15) is 26.3 Å². The summed E-state index contributed by atoms with van der Waals surface area (Å²) in [6.45, 7) is 6.21. The summed E-state index contributed by atoms with van der Waals surface area (Å²) in [5.74, 6) is 0.400. The van der Waals surface area contributed by atoms with Gasteiger partial charge in [0.2, 0.25) is 5.91 Å². The Morgan fingerprint density at radius 2 is 1.78 bits per heavy atom. The Labute approximate surface area is 138 Å². The standard InChI is InChI=1S/C21H25NO/c1-16(2)17(3)22-21(23)12-6-4-5-9-18-13-14-19-10-7-8-11-20(19)15-18/h4-8,10-17H,9H2,1-3H3,(H,22,23)/b5-4+,12-6+. The van der Waals surface area contributed by atoms with Crippen LogP contribution in [0, 0.1) is 5.92 Å². The van der Waals surface area contributed by atoms with E-state index in [0.29, 0.717) is 5.92 Å². The van der Waals surface area contributed by atoms with E-state index in [4.69, 9.17) is 0 Å². The lowest BCUT2D eigenvalue weighted by Crippen LogP contribution is -2.34. The van der Waals surface area contributed by atoms with Crippen molar-refractivity contribution in [1.82, 2.24) is 5.32 Å². The van der Waals surface area contributed by atoms with E-state index in [0.717, 1.165) is 6.42 Å². The molecule has 0 aromatic heterocycles. The zero-order chi connectivity index (χ0) is 16.7. The van der Waals surface area contributed by atoms with Crippen LogP contribution in [0.3, 0.4) is 0 Å². The van der Waals surface area contributed by atoms with Crippen LogP contribution in [0.4, 0.5) is 0 Å². The van der Waals surface area contributed by atoms with E-state index in [-0.39, 0.29) is 11.9 Å². The fraction of sp³-hybridized carbons (Fsp3) is 0.286. The quantitative estimate of drug-likeness (QED) is 0.610. The number of benzene rings is 2. The third kappa shape index (κ3) is 5.41. The van der Waals surface area contributed by atoms with Crippen molar-refractivity contribution in [2.24, 2.45) is 5.92 Å². The van der Waals surface area contributed by atoms with Crippen LogP contribution >= 0.6 is 0 Å². The molecule has 0 spiro atoms. The molecule has 2 aromatic carbocycles. The number of allylic oxidation sites excluding steroid dienone is 3. The van der Waals surface area contributed by atoms with Crippen LogP contribution in [0.15, 0.2) is 66.8 Å². The highest BCUT2D eigenvalue weighted by Gasteiger charge is 2.07. The van der Waals surface area contributed by atoms with Crippen molar-refractivity contribution in [3.05, 3.63) is 72.3 Å². The Kier molecular flexibility index (Phi) is 6.16. The maximum atomic E-state index is 11.7. The van der Waals surface area contributed by atoms with Gasteiger partial charge < -0.3 is 5.32 Å². The normalized spacial score (nSPS) is 13.2. The van der Waals surface area contributed by atoms with Crippen molar-refractivity contribution < 1.29 is 4.79 Å². The van der Waals surface area contributed by atoms with Crippen LogP contribution in [-0.4, -0.2) is 11.9 Å². The molecule has 1 amide bonds. The lowest BCUT2D eigenvalue weighted by atomic mass is 10.1. The molecule has 0 aliphatic heterocycles. The van der Waals surface area contributed by atoms with Gasteiger partial charge >= 0.3 is 0 Å². The van der Waals surface area contributed by atoms with Gasteiger partial charge in [0.15, 0.2) is 0 Å². The van der Waals surface area contributed by atoms with E-state index in [1.54, 1.807) is 12.2 Å². The molecule has 0 aliphatic rings. The second-order valence-corrected chi connectivity index (χ2v) is 6.21. The van der Waals surface area contributed by atoms with E-state index in [9.17, 15) is 4.79 Å². The maximum absolute atomic E-state index is 11.7. The first-order valence-corrected chi connectivity index (χ1v) is 8.17. The van der Waals surface area contributed by atoms with Crippen LogP contribution in [-0.2, 0) is 11.2 Å². The predicted octanol–water partition coefficient (Wildman–Crippen LogP) is 4.66. The molecule has 23 heavy (non-hydrogen) atoms. The number of carbonyl (C=O) groups excluding carboxylic acids is 1. The second kappa shape index (κ2) is 8.33. The molecule has 2 nitrogen and oxygen atoms in total. The molecule has 0 saturated heterocycles. The van der Waals surface area contributed by atoms with Crippen molar-refractivity contribution in [2.75, 3.05) is 0 Å². The minimum Gasteiger partial charge on any atom is -0.350 e. The van der Waals surface area contributed by atoms with E-state index in [2.05, 4.69) is 67.7 Å². The third-order valence-electron chi connectivity index (χ3n) is 4.03. The fourth-order valence-electron chi connectivity index (χ4n) is 2.23. The fourth-order valence-corrected chi connectivity index (χ4v) is 2.23. The smallest absolute Gasteiger partial charge is 0.244 e. The second-order valence-electron chi connectivity index (χ2n) is 6.21. The highest BCUT2D eigenvalue weighted by molar-refractivity contribution is 5.88. The minimum absolute atomic E-state index is 0.0402. The van der Waals surface area contributed by atoms with Gasteiger partial charge in [0.25, 0.3) is 0 Å². The van der Waals surface area contributed by atoms with Gasteiger partial charge in [-0.25, -0.2) is 0 Å². The first-order chi connectivity index (χ1) is 11.1. The molecular formula is C21H25NO. The summed E-state index contributed by atoms with van der Waals surface area (Å²) in [6.07, 6.45) is 8.23. The molecule has 2 aromatic rings. The summed E-state index contributed by atoms with van der Waals surface area (Å²) in [5.41, 5.74) is 1.27. The Morgan fingerprint density at radius 3 is 2.52 bits per heavy atom. The Morgan fingerprint density at radius 1 is 1.04 bits per heavy atom.